The van der Waals surface area contributed by atoms with Gasteiger partial charge in [0.2, 0.25) is 10.0 Å². The number of amides is 1. The topological polar surface area (TPSA) is 66.5 Å². The van der Waals surface area contributed by atoms with E-state index in [0.29, 0.717) is 30.3 Å². The Bertz CT molecular complexity index is 642. The van der Waals surface area contributed by atoms with Gasteiger partial charge in [-0.15, -0.1) is 11.8 Å². The summed E-state index contributed by atoms with van der Waals surface area (Å²) in [5.74, 6) is 0.920. The quantitative estimate of drug-likeness (QED) is 0.917. The summed E-state index contributed by atoms with van der Waals surface area (Å²) in [5.41, 5.74) is 1.09. The molecule has 0 spiro atoms. The van der Waals surface area contributed by atoms with Gasteiger partial charge < -0.3 is 5.32 Å². The second kappa shape index (κ2) is 6.27. The van der Waals surface area contributed by atoms with E-state index in [1.54, 1.807) is 23.9 Å². The molecule has 1 aromatic rings. The number of hydrogen-bond donors (Lipinski definition) is 1. The predicted molar refractivity (Wildman–Crippen MR) is 86.5 cm³/mol. The van der Waals surface area contributed by atoms with Gasteiger partial charge >= 0.3 is 0 Å². The molecular formula is C14H20N2O3S2. The first-order valence-electron chi connectivity index (χ1n) is 6.82. The summed E-state index contributed by atoms with van der Waals surface area (Å²) in [6.07, 6.45) is 1.19. The zero-order chi connectivity index (χ0) is 15.6. The molecule has 21 heavy (non-hydrogen) atoms. The molecule has 0 saturated carbocycles. The molecule has 0 bridgehead atoms. The van der Waals surface area contributed by atoms with Crippen LogP contribution in [0.2, 0.25) is 0 Å². The standard InChI is InChI=1S/C14H20N2O3S2/c1-10(2)9-15-14(17)11-4-5-13-12(8-11)16(6-7-20-13)21(3,18)19/h4-5,8,10H,6-7,9H2,1-3H3,(H,15,17). The monoisotopic (exact) mass is 328 g/mol. The molecule has 1 aromatic carbocycles. The number of fused-ring (bicyclic) bond motifs is 1. The highest BCUT2D eigenvalue weighted by Gasteiger charge is 2.25. The van der Waals surface area contributed by atoms with Gasteiger partial charge in [0.25, 0.3) is 5.91 Å². The van der Waals surface area contributed by atoms with E-state index in [1.807, 2.05) is 19.9 Å². The molecule has 1 amide bonds. The van der Waals surface area contributed by atoms with Crippen molar-refractivity contribution in [3.63, 3.8) is 0 Å². The summed E-state index contributed by atoms with van der Waals surface area (Å²) in [6, 6.07) is 5.23. The maximum absolute atomic E-state index is 12.1. The molecule has 0 unspecified atom stereocenters. The number of nitrogens with zero attached hydrogens (tertiary/aromatic N) is 1. The van der Waals surface area contributed by atoms with E-state index in [-0.39, 0.29) is 5.91 Å². The Morgan fingerprint density at radius 1 is 1.43 bits per heavy atom. The third-order valence-corrected chi connectivity index (χ3v) is 5.34. The van der Waals surface area contributed by atoms with E-state index in [9.17, 15) is 13.2 Å². The van der Waals surface area contributed by atoms with Gasteiger partial charge in [0.15, 0.2) is 0 Å². The van der Waals surface area contributed by atoms with Gasteiger partial charge in [0.1, 0.15) is 0 Å². The largest absolute Gasteiger partial charge is 0.352 e. The van der Waals surface area contributed by atoms with Crippen molar-refractivity contribution in [3.05, 3.63) is 23.8 Å². The maximum atomic E-state index is 12.1. The lowest BCUT2D eigenvalue weighted by Gasteiger charge is -2.29. The van der Waals surface area contributed by atoms with E-state index in [4.69, 9.17) is 0 Å². The Morgan fingerprint density at radius 2 is 2.14 bits per heavy atom. The SMILES string of the molecule is CC(C)CNC(=O)c1ccc2c(c1)N(S(C)(=O)=O)CCS2. The lowest BCUT2D eigenvalue weighted by atomic mass is 10.1. The van der Waals surface area contributed by atoms with E-state index in [2.05, 4.69) is 5.32 Å². The normalized spacial score (nSPS) is 15.0. The van der Waals surface area contributed by atoms with Crippen molar-refractivity contribution in [1.29, 1.82) is 0 Å². The van der Waals surface area contributed by atoms with Crippen LogP contribution in [-0.4, -0.2) is 39.4 Å². The minimum Gasteiger partial charge on any atom is -0.352 e. The number of sulfonamides is 1. The number of benzene rings is 1. The number of hydrogen-bond acceptors (Lipinski definition) is 4. The van der Waals surface area contributed by atoms with Crippen LogP contribution in [0.1, 0.15) is 24.2 Å². The second-order valence-electron chi connectivity index (χ2n) is 5.47. The van der Waals surface area contributed by atoms with Crippen LogP contribution < -0.4 is 9.62 Å². The Balaban J connectivity index is 2.30. The first-order chi connectivity index (χ1) is 9.79. The third-order valence-electron chi connectivity index (χ3n) is 3.11. The van der Waals surface area contributed by atoms with Crippen LogP contribution in [0.3, 0.4) is 0 Å². The molecular weight excluding hydrogens is 308 g/mol. The van der Waals surface area contributed by atoms with Gasteiger partial charge in [0.05, 0.1) is 11.9 Å². The van der Waals surface area contributed by atoms with Crippen LogP contribution in [0.4, 0.5) is 5.69 Å². The molecule has 5 nitrogen and oxygen atoms in total. The van der Waals surface area contributed by atoms with Crippen molar-refractivity contribution < 1.29 is 13.2 Å². The fourth-order valence-corrected chi connectivity index (χ4v) is 4.16. The number of nitrogens with one attached hydrogen (secondary N) is 1. The number of rotatable bonds is 4. The van der Waals surface area contributed by atoms with Gasteiger partial charge in [-0.2, -0.15) is 0 Å². The van der Waals surface area contributed by atoms with Crippen molar-refractivity contribution in [1.82, 2.24) is 5.32 Å². The van der Waals surface area contributed by atoms with Crippen molar-refractivity contribution in [3.8, 4) is 0 Å². The minimum atomic E-state index is -3.32. The van der Waals surface area contributed by atoms with Crippen LogP contribution in [0.15, 0.2) is 23.1 Å². The third kappa shape index (κ3) is 3.91. The van der Waals surface area contributed by atoms with Crippen LogP contribution in [0.25, 0.3) is 0 Å². The van der Waals surface area contributed by atoms with Crippen molar-refractivity contribution in [2.75, 3.05) is 29.4 Å². The molecule has 0 atom stereocenters. The van der Waals surface area contributed by atoms with Crippen LogP contribution in [-0.2, 0) is 10.0 Å². The zero-order valence-electron chi connectivity index (χ0n) is 12.4. The second-order valence-corrected chi connectivity index (χ2v) is 8.51. The lowest BCUT2D eigenvalue weighted by Crippen LogP contribution is -2.35. The van der Waals surface area contributed by atoms with Crippen LogP contribution in [0.5, 0.6) is 0 Å². The summed E-state index contributed by atoms with van der Waals surface area (Å²) in [6.45, 7) is 5.08. The summed E-state index contributed by atoms with van der Waals surface area (Å²) >= 11 is 1.61. The van der Waals surface area contributed by atoms with E-state index >= 15 is 0 Å². The Morgan fingerprint density at radius 3 is 2.76 bits per heavy atom. The fraction of sp³-hybridized carbons (Fsp3) is 0.500. The van der Waals surface area contributed by atoms with Crippen LogP contribution in [0, 0.1) is 5.92 Å². The summed E-state index contributed by atoms with van der Waals surface area (Å²) in [5, 5.41) is 2.85. The van der Waals surface area contributed by atoms with Crippen molar-refractivity contribution in [2.45, 2.75) is 18.7 Å². The van der Waals surface area contributed by atoms with Gasteiger partial charge in [-0.1, -0.05) is 13.8 Å². The van der Waals surface area contributed by atoms with E-state index < -0.39 is 10.0 Å². The van der Waals surface area contributed by atoms with E-state index in [1.165, 1.54) is 10.6 Å². The number of carbonyl (C=O) groups excluding carboxylic acids is 1. The maximum Gasteiger partial charge on any atom is 0.251 e. The summed E-state index contributed by atoms with van der Waals surface area (Å²) in [7, 11) is -3.32. The molecule has 1 heterocycles. The first kappa shape index (κ1) is 16.2. The van der Waals surface area contributed by atoms with Crippen LogP contribution >= 0.6 is 11.8 Å². The highest BCUT2D eigenvalue weighted by molar-refractivity contribution is 8.00. The molecule has 7 heteroatoms. The molecule has 1 aliphatic heterocycles. The molecule has 0 aliphatic carbocycles. The Labute approximate surface area is 130 Å². The van der Waals surface area contributed by atoms with Gasteiger partial charge in [-0.3, -0.25) is 9.10 Å². The molecule has 0 radical (unpaired) electrons. The first-order valence-corrected chi connectivity index (χ1v) is 9.65. The van der Waals surface area contributed by atoms with Gasteiger partial charge in [-0.25, -0.2) is 8.42 Å². The van der Waals surface area contributed by atoms with Gasteiger partial charge in [0, 0.05) is 29.3 Å². The fourth-order valence-electron chi connectivity index (χ4n) is 2.08. The molecule has 0 saturated heterocycles. The number of anilines is 1. The van der Waals surface area contributed by atoms with E-state index in [0.717, 1.165) is 10.6 Å². The molecule has 2 rings (SSSR count). The summed E-state index contributed by atoms with van der Waals surface area (Å²) in [4.78, 5) is 13.0. The minimum absolute atomic E-state index is 0.171. The lowest BCUT2D eigenvalue weighted by molar-refractivity contribution is 0.0949. The highest BCUT2D eigenvalue weighted by atomic mass is 32.2. The Hall–Kier alpha value is -1.21. The number of thioether (sulfide) groups is 1. The average Bonchev–Trinajstić information content (AvgIpc) is 2.42. The molecule has 116 valence electrons. The molecule has 0 fully saturated rings. The summed E-state index contributed by atoms with van der Waals surface area (Å²) < 4.78 is 25.1. The predicted octanol–water partition coefficient (Wildman–Crippen LogP) is 1.94. The van der Waals surface area contributed by atoms with Crippen molar-refractivity contribution >= 4 is 33.4 Å². The molecule has 1 N–H and O–H groups in total. The Kier molecular flexibility index (Phi) is 4.83. The smallest absolute Gasteiger partial charge is 0.251 e. The molecule has 0 aromatic heterocycles. The van der Waals surface area contributed by atoms with Crippen molar-refractivity contribution in [2.24, 2.45) is 5.92 Å². The average molecular weight is 328 g/mol. The zero-order valence-corrected chi connectivity index (χ0v) is 14.1. The molecule has 1 aliphatic rings. The number of carbonyl (C=O) groups is 1. The highest BCUT2D eigenvalue weighted by Crippen LogP contribution is 2.36. The van der Waals surface area contributed by atoms with Gasteiger partial charge in [-0.05, 0) is 24.1 Å².